The predicted molar refractivity (Wildman–Crippen MR) is 108 cm³/mol. The first-order chi connectivity index (χ1) is 13.9. The first kappa shape index (κ1) is 18.6. The molecule has 1 aliphatic rings. The molecule has 7 nitrogen and oxygen atoms in total. The lowest BCUT2D eigenvalue weighted by molar-refractivity contribution is -0.385. The monoisotopic (exact) mass is 408 g/mol. The zero-order valence-electron chi connectivity index (χ0n) is 15.1. The highest BCUT2D eigenvalue weighted by atomic mass is 35.5. The van der Waals surface area contributed by atoms with Crippen molar-refractivity contribution in [3.63, 3.8) is 0 Å². The molecule has 2 aromatic carbocycles. The predicted octanol–water partition coefficient (Wildman–Crippen LogP) is 5.16. The van der Waals surface area contributed by atoms with Crippen LogP contribution in [0.3, 0.4) is 0 Å². The van der Waals surface area contributed by atoms with Crippen molar-refractivity contribution in [2.45, 2.75) is 6.92 Å². The minimum atomic E-state index is -0.660. The lowest BCUT2D eigenvalue weighted by Gasteiger charge is -2.01. The number of nitrogens with zero attached hydrogens (tertiary/aromatic N) is 2. The number of esters is 1. The van der Waals surface area contributed by atoms with Crippen molar-refractivity contribution in [2.24, 2.45) is 4.99 Å². The number of rotatable bonds is 4. The van der Waals surface area contributed by atoms with Crippen molar-refractivity contribution in [1.29, 1.82) is 0 Å². The van der Waals surface area contributed by atoms with Gasteiger partial charge >= 0.3 is 5.97 Å². The maximum Gasteiger partial charge on any atom is 0.363 e. The van der Waals surface area contributed by atoms with Crippen molar-refractivity contribution in [1.82, 2.24) is 0 Å². The SMILES string of the molecule is Cc1ccc(C2=N/C(=C/c3ccc(-c4ccc(Cl)cc4)o3)C(=O)O2)cc1[N+](=O)[O-]. The lowest BCUT2D eigenvalue weighted by atomic mass is 10.1. The number of ether oxygens (including phenoxy) is 1. The summed E-state index contributed by atoms with van der Waals surface area (Å²) in [5.74, 6) is 0.376. The van der Waals surface area contributed by atoms with Crippen LogP contribution < -0.4 is 0 Å². The van der Waals surface area contributed by atoms with Gasteiger partial charge in [-0.25, -0.2) is 9.79 Å². The third kappa shape index (κ3) is 3.81. The van der Waals surface area contributed by atoms with Gasteiger partial charge in [-0.1, -0.05) is 17.7 Å². The highest BCUT2D eigenvalue weighted by Gasteiger charge is 2.26. The van der Waals surface area contributed by atoms with Gasteiger partial charge in [0.25, 0.3) is 5.69 Å². The maximum absolute atomic E-state index is 12.2. The number of nitro benzene ring substituents is 1. The van der Waals surface area contributed by atoms with Crippen molar-refractivity contribution in [2.75, 3.05) is 0 Å². The van der Waals surface area contributed by atoms with Crippen molar-refractivity contribution < 1.29 is 18.9 Å². The van der Waals surface area contributed by atoms with Gasteiger partial charge < -0.3 is 9.15 Å². The Hall–Kier alpha value is -3.71. The Morgan fingerprint density at radius 1 is 1.07 bits per heavy atom. The largest absolute Gasteiger partial charge is 0.457 e. The fourth-order valence-electron chi connectivity index (χ4n) is 2.81. The summed E-state index contributed by atoms with van der Waals surface area (Å²) in [4.78, 5) is 27.0. The molecule has 2 heterocycles. The number of carbonyl (C=O) groups excluding carboxylic acids is 1. The Morgan fingerprint density at radius 3 is 2.52 bits per heavy atom. The molecule has 0 radical (unpaired) electrons. The fourth-order valence-corrected chi connectivity index (χ4v) is 2.93. The van der Waals surface area contributed by atoms with Gasteiger partial charge in [0.2, 0.25) is 5.90 Å². The van der Waals surface area contributed by atoms with Gasteiger partial charge in [0.15, 0.2) is 5.70 Å². The Labute approximate surface area is 170 Å². The average Bonchev–Trinajstić information content (AvgIpc) is 3.30. The molecule has 0 atom stereocenters. The topological polar surface area (TPSA) is 94.9 Å². The standard InChI is InChI=1S/C21H13ClN2O5/c1-12-2-3-14(10-18(12)24(26)27)20-23-17(21(25)29-20)11-16-8-9-19(28-16)13-4-6-15(22)7-5-13/h2-11H,1H3/b17-11+. The summed E-state index contributed by atoms with van der Waals surface area (Å²) in [7, 11) is 0. The van der Waals surface area contributed by atoms with Crippen molar-refractivity contribution in [3.8, 4) is 11.3 Å². The molecule has 0 fully saturated rings. The number of hydrogen-bond acceptors (Lipinski definition) is 6. The van der Waals surface area contributed by atoms with E-state index in [4.69, 9.17) is 20.8 Å². The molecular weight excluding hydrogens is 396 g/mol. The van der Waals surface area contributed by atoms with Gasteiger partial charge in [0.1, 0.15) is 11.5 Å². The summed E-state index contributed by atoms with van der Waals surface area (Å²) < 4.78 is 10.9. The zero-order valence-corrected chi connectivity index (χ0v) is 15.8. The molecule has 0 spiro atoms. The lowest BCUT2D eigenvalue weighted by Crippen LogP contribution is -2.06. The third-order valence-corrected chi connectivity index (χ3v) is 4.56. The number of hydrogen-bond donors (Lipinski definition) is 0. The number of aliphatic imine (C=N–C) groups is 1. The fraction of sp³-hybridized carbons (Fsp3) is 0.0476. The van der Waals surface area contributed by atoms with E-state index in [0.29, 0.717) is 27.7 Å². The molecule has 0 saturated carbocycles. The second-order valence-electron chi connectivity index (χ2n) is 6.30. The molecule has 3 aromatic rings. The smallest absolute Gasteiger partial charge is 0.363 e. The van der Waals surface area contributed by atoms with Gasteiger partial charge in [-0.2, -0.15) is 0 Å². The number of cyclic esters (lactones) is 1. The van der Waals surface area contributed by atoms with Crippen LogP contribution in [0.25, 0.3) is 17.4 Å². The Kier molecular flexibility index (Phi) is 4.74. The second-order valence-corrected chi connectivity index (χ2v) is 6.74. The van der Waals surface area contributed by atoms with Crippen LogP contribution in [0.4, 0.5) is 5.69 Å². The molecule has 4 rings (SSSR count). The average molecular weight is 409 g/mol. The summed E-state index contributed by atoms with van der Waals surface area (Å²) >= 11 is 5.89. The van der Waals surface area contributed by atoms with Crippen LogP contribution in [0.5, 0.6) is 0 Å². The van der Waals surface area contributed by atoms with Crippen LogP contribution in [0, 0.1) is 17.0 Å². The van der Waals surface area contributed by atoms with Gasteiger partial charge in [0, 0.05) is 33.9 Å². The van der Waals surface area contributed by atoms with Crippen molar-refractivity contribution >= 4 is 35.2 Å². The van der Waals surface area contributed by atoms with Crippen molar-refractivity contribution in [3.05, 3.63) is 92.3 Å². The van der Waals surface area contributed by atoms with Gasteiger partial charge in [-0.15, -0.1) is 0 Å². The molecule has 0 aliphatic carbocycles. The molecule has 1 aliphatic heterocycles. The molecule has 1 aromatic heterocycles. The van der Waals surface area contributed by atoms with E-state index >= 15 is 0 Å². The minimum Gasteiger partial charge on any atom is -0.457 e. The Morgan fingerprint density at radius 2 is 1.79 bits per heavy atom. The number of carbonyl (C=O) groups is 1. The van der Waals surface area contributed by atoms with E-state index in [2.05, 4.69) is 4.99 Å². The van der Waals surface area contributed by atoms with Crippen LogP contribution >= 0.6 is 11.6 Å². The van der Waals surface area contributed by atoms with E-state index in [9.17, 15) is 14.9 Å². The molecule has 0 bridgehead atoms. The third-order valence-electron chi connectivity index (χ3n) is 4.31. The van der Waals surface area contributed by atoms with Crippen LogP contribution in [-0.4, -0.2) is 16.8 Å². The summed E-state index contributed by atoms with van der Waals surface area (Å²) in [6.45, 7) is 1.63. The summed E-state index contributed by atoms with van der Waals surface area (Å²) in [6.07, 6.45) is 1.46. The van der Waals surface area contributed by atoms with E-state index in [1.165, 1.54) is 12.1 Å². The van der Waals surface area contributed by atoms with Gasteiger partial charge in [-0.3, -0.25) is 10.1 Å². The Balaban J connectivity index is 1.63. The summed E-state index contributed by atoms with van der Waals surface area (Å²) in [5, 5.41) is 11.7. The molecule has 29 heavy (non-hydrogen) atoms. The molecular formula is C21H13ClN2O5. The maximum atomic E-state index is 12.2. The number of halogens is 1. The molecule has 0 unspecified atom stereocenters. The Bertz CT molecular complexity index is 1190. The molecule has 0 N–H and O–H groups in total. The van der Waals surface area contributed by atoms with Crippen LogP contribution in [0.2, 0.25) is 5.02 Å². The second kappa shape index (κ2) is 7.37. The molecule has 8 heteroatoms. The number of benzene rings is 2. The van der Waals surface area contributed by atoms with Gasteiger partial charge in [0.05, 0.1) is 4.92 Å². The number of aryl methyl sites for hydroxylation is 1. The molecule has 0 saturated heterocycles. The molecule has 144 valence electrons. The normalized spacial score (nSPS) is 14.8. The molecule has 0 amide bonds. The van der Waals surface area contributed by atoms with Crippen LogP contribution in [-0.2, 0) is 9.53 Å². The first-order valence-corrected chi connectivity index (χ1v) is 8.92. The highest BCUT2D eigenvalue weighted by molar-refractivity contribution is 6.30. The van der Waals surface area contributed by atoms with E-state index in [1.54, 1.807) is 43.3 Å². The number of furan rings is 1. The highest BCUT2D eigenvalue weighted by Crippen LogP contribution is 2.27. The zero-order chi connectivity index (χ0) is 20.5. The van der Waals surface area contributed by atoms with Crippen LogP contribution in [0.1, 0.15) is 16.9 Å². The van der Waals surface area contributed by atoms with E-state index in [1.807, 2.05) is 12.1 Å². The van der Waals surface area contributed by atoms with E-state index in [0.717, 1.165) is 5.56 Å². The van der Waals surface area contributed by atoms with Gasteiger partial charge in [-0.05, 0) is 49.4 Å². The van der Waals surface area contributed by atoms with E-state index < -0.39 is 10.9 Å². The number of nitro groups is 1. The quantitative estimate of drug-likeness (QED) is 0.257. The summed E-state index contributed by atoms with van der Waals surface area (Å²) in [5.41, 5.74) is 1.66. The minimum absolute atomic E-state index is 0.00818. The first-order valence-electron chi connectivity index (χ1n) is 8.54. The van der Waals surface area contributed by atoms with Crippen LogP contribution in [0.15, 0.2) is 69.7 Å². The van der Waals surface area contributed by atoms with E-state index in [-0.39, 0.29) is 17.3 Å². The summed E-state index contributed by atoms with van der Waals surface area (Å²) in [6, 6.07) is 15.1.